The van der Waals surface area contributed by atoms with Crippen molar-refractivity contribution in [1.29, 1.82) is 0 Å². The first-order valence-corrected chi connectivity index (χ1v) is 7.97. The van der Waals surface area contributed by atoms with Crippen LogP contribution in [0.4, 0.5) is 0 Å². The number of likely N-dealkylation sites (tertiary alicyclic amines) is 1. The number of fused-ring (bicyclic) bond motifs is 2. The Morgan fingerprint density at radius 3 is 2.30 bits per heavy atom. The zero-order valence-corrected chi connectivity index (χ0v) is 13.4. The smallest absolute Gasteiger partial charge is 0.109 e. The van der Waals surface area contributed by atoms with Crippen LogP contribution in [0.1, 0.15) is 35.6 Å². The molecule has 0 radical (unpaired) electrons. The highest BCUT2D eigenvalue weighted by molar-refractivity contribution is 5.43. The molecule has 1 atom stereocenters. The lowest BCUT2D eigenvalue weighted by Crippen LogP contribution is -2.50. The Balaban J connectivity index is 0.00000156. The van der Waals surface area contributed by atoms with Crippen LogP contribution < -0.4 is 0 Å². The maximum absolute atomic E-state index is 12.2. The van der Waals surface area contributed by atoms with Crippen LogP contribution >= 0.6 is 0 Å². The van der Waals surface area contributed by atoms with Gasteiger partial charge in [-0.05, 0) is 16.7 Å². The monoisotopic (exact) mass is 313 g/mol. The molecular formula is C19H23NO3. The molecule has 1 spiro atoms. The van der Waals surface area contributed by atoms with E-state index in [1.807, 2.05) is 6.07 Å². The van der Waals surface area contributed by atoms with E-state index in [4.69, 9.17) is 4.74 Å². The first kappa shape index (κ1) is 16.1. The number of nitrogens with zero attached hydrogens (tertiary/aromatic N) is 1. The number of hydrogen-bond donors (Lipinski definition) is 0. The Bertz CT molecular complexity index is 674. The molecule has 0 aliphatic carbocycles. The Labute approximate surface area is 136 Å². The fourth-order valence-electron chi connectivity index (χ4n) is 3.83. The van der Waals surface area contributed by atoms with Crippen LogP contribution in [0.5, 0.6) is 0 Å². The zero-order valence-electron chi connectivity index (χ0n) is 13.4. The van der Waals surface area contributed by atoms with Gasteiger partial charge in [0.2, 0.25) is 0 Å². The Morgan fingerprint density at radius 2 is 1.61 bits per heavy atom. The van der Waals surface area contributed by atoms with Gasteiger partial charge in [0.1, 0.15) is 11.7 Å². The first-order chi connectivity index (χ1) is 10.6. The minimum atomic E-state index is -0.279. The molecule has 1 fully saturated rings. The number of benzene rings is 2. The summed E-state index contributed by atoms with van der Waals surface area (Å²) in [5.74, 6) is 0. The Morgan fingerprint density at radius 1 is 1.00 bits per heavy atom. The number of quaternary nitrogens is 1. The fraction of sp³-hybridized carbons (Fsp3) is 0.368. The van der Waals surface area contributed by atoms with Crippen molar-refractivity contribution >= 4 is 0 Å². The lowest BCUT2D eigenvalue weighted by atomic mass is 9.83. The highest BCUT2D eigenvalue weighted by Crippen LogP contribution is 2.51. The topological polar surface area (TPSA) is 63.8 Å². The molecule has 2 N–H and O–H groups in total. The van der Waals surface area contributed by atoms with Gasteiger partial charge in [0.25, 0.3) is 0 Å². The molecule has 2 heterocycles. The standard InChI is InChI=1S/C19H21NO2.H2O/c1-20(21)13-11-19(12-14-20)17-10-6-5-9-16(17)18(22-19)15-7-3-2-4-8-15;/h2-10,18H,11-14H2,1H3;1H2. The lowest BCUT2D eigenvalue weighted by molar-refractivity contribution is -0.869. The molecule has 122 valence electrons. The van der Waals surface area contributed by atoms with E-state index in [1.165, 1.54) is 16.7 Å². The summed E-state index contributed by atoms with van der Waals surface area (Å²) in [7, 11) is 1.77. The molecular weight excluding hydrogens is 290 g/mol. The lowest BCUT2D eigenvalue weighted by Gasteiger charge is -2.47. The minimum absolute atomic E-state index is 0. The largest absolute Gasteiger partial charge is 0.633 e. The molecule has 2 aliphatic rings. The van der Waals surface area contributed by atoms with Gasteiger partial charge in [-0.15, -0.1) is 0 Å². The maximum Gasteiger partial charge on any atom is 0.109 e. The summed E-state index contributed by atoms with van der Waals surface area (Å²) in [5.41, 5.74) is 3.45. The molecule has 0 aromatic heterocycles. The molecule has 2 aromatic carbocycles. The van der Waals surface area contributed by atoms with Crippen LogP contribution in [0.2, 0.25) is 0 Å². The van der Waals surface area contributed by atoms with E-state index >= 15 is 0 Å². The second kappa shape index (κ2) is 5.73. The zero-order chi connectivity index (χ0) is 15.2. The molecule has 4 nitrogen and oxygen atoms in total. The second-order valence-electron chi connectivity index (χ2n) is 6.73. The molecule has 1 unspecified atom stereocenters. The number of hydrogen-bond acceptors (Lipinski definition) is 2. The van der Waals surface area contributed by atoms with E-state index in [1.54, 1.807) is 7.05 Å². The van der Waals surface area contributed by atoms with Crippen molar-refractivity contribution in [2.45, 2.75) is 24.5 Å². The summed E-state index contributed by atoms with van der Waals surface area (Å²) in [4.78, 5) is 0. The third kappa shape index (κ3) is 2.68. The summed E-state index contributed by atoms with van der Waals surface area (Å²) in [6.45, 7) is 1.24. The van der Waals surface area contributed by atoms with E-state index in [-0.39, 0.29) is 21.8 Å². The SMILES string of the molecule is C[N+]1([O-])CCC2(CC1)OC(c1ccccc1)c1ccccc12.O. The maximum atomic E-state index is 12.2. The highest BCUT2D eigenvalue weighted by Gasteiger charge is 2.48. The van der Waals surface area contributed by atoms with Gasteiger partial charge in [0.15, 0.2) is 0 Å². The third-order valence-electron chi connectivity index (χ3n) is 5.16. The van der Waals surface area contributed by atoms with Crippen LogP contribution in [0.25, 0.3) is 0 Å². The summed E-state index contributed by atoms with van der Waals surface area (Å²) < 4.78 is 6.44. The van der Waals surface area contributed by atoms with Crippen molar-refractivity contribution in [3.63, 3.8) is 0 Å². The average Bonchev–Trinajstić information content (AvgIpc) is 2.87. The van der Waals surface area contributed by atoms with Gasteiger partial charge in [-0.2, -0.15) is 0 Å². The van der Waals surface area contributed by atoms with Crippen LogP contribution in [0.3, 0.4) is 0 Å². The second-order valence-corrected chi connectivity index (χ2v) is 6.73. The summed E-state index contributed by atoms with van der Waals surface area (Å²) in [6.07, 6.45) is 1.58. The van der Waals surface area contributed by atoms with E-state index < -0.39 is 0 Å². The number of hydroxylamine groups is 3. The quantitative estimate of drug-likeness (QED) is 0.600. The van der Waals surface area contributed by atoms with E-state index in [2.05, 4.69) is 48.5 Å². The van der Waals surface area contributed by atoms with Gasteiger partial charge in [0.05, 0.1) is 20.1 Å². The van der Waals surface area contributed by atoms with Crippen LogP contribution in [0, 0.1) is 5.21 Å². The van der Waals surface area contributed by atoms with Crippen molar-refractivity contribution < 1.29 is 14.9 Å². The van der Waals surface area contributed by atoms with Crippen molar-refractivity contribution in [1.82, 2.24) is 0 Å². The summed E-state index contributed by atoms with van der Waals surface area (Å²) in [5, 5.41) is 12.2. The molecule has 4 heteroatoms. The van der Waals surface area contributed by atoms with Gasteiger partial charge >= 0.3 is 0 Å². The fourth-order valence-corrected chi connectivity index (χ4v) is 3.83. The molecule has 0 bridgehead atoms. The van der Waals surface area contributed by atoms with E-state index in [0.29, 0.717) is 13.1 Å². The van der Waals surface area contributed by atoms with E-state index in [0.717, 1.165) is 12.8 Å². The molecule has 0 amide bonds. The van der Waals surface area contributed by atoms with Gasteiger partial charge < -0.3 is 20.1 Å². The predicted molar refractivity (Wildman–Crippen MR) is 89.6 cm³/mol. The summed E-state index contributed by atoms with van der Waals surface area (Å²) >= 11 is 0. The average molecular weight is 313 g/mol. The third-order valence-corrected chi connectivity index (χ3v) is 5.16. The highest BCUT2D eigenvalue weighted by atomic mass is 16.5. The van der Waals surface area contributed by atoms with Gasteiger partial charge in [-0.1, -0.05) is 54.6 Å². The van der Waals surface area contributed by atoms with Crippen molar-refractivity contribution in [2.24, 2.45) is 0 Å². The molecule has 0 saturated carbocycles. The Hall–Kier alpha value is -1.72. The normalized spacial score (nSPS) is 32.3. The minimum Gasteiger partial charge on any atom is -0.633 e. The van der Waals surface area contributed by atoms with Crippen LogP contribution in [0.15, 0.2) is 54.6 Å². The number of rotatable bonds is 1. The Kier molecular flexibility index (Phi) is 4.02. The summed E-state index contributed by atoms with van der Waals surface area (Å²) in [6, 6.07) is 18.9. The van der Waals surface area contributed by atoms with Crippen molar-refractivity contribution in [2.75, 3.05) is 20.1 Å². The molecule has 4 rings (SSSR count). The number of piperidine rings is 1. The molecule has 1 saturated heterocycles. The first-order valence-electron chi connectivity index (χ1n) is 7.97. The van der Waals surface area contributed by atoms with Gasteiger partial charge in [0, 0.05) is 12.8 Å². The number of ether oxygens (including phenoxy) is 1. The van der Waals surface area contributed by atoms with E-state index in [9.17, 15) is 5.21 Å². The predicted octanol–water partition coefficient (Wildman–Crippen LogP) is 2.92. The molecule has 2 aliphatic heterocycles. The van der Waals surface area contributed by atoms with Crippen molar-refractivity contribution in [3.8, 4) is 0 Å². The van der Waals surface area contributed by atoms with Crippen molar-refractivity contribution in [3.05, 3.63) is 76.5 Å². The van der Waals surface area contributed by atoms with Crippen LogP contribution in [-0.4, -0.2) is 30.3 Å². The molecule has 2 aromatic rings. The molecule has 23 heavy (non-hydrogen) atoms. The van der Waals surface area contributed by atoms with Gasteiger partial charge in [-0.25, -0.2) is 0 Å². The van der Waals surface area contributed by atoms with Crippen LogP contribution in [-0.2, 0) is 10.3 Å². The van der Waals surface area contributed by atoms with Gasteiger partial charge in [-0.3, -0.25) is 0 Å².